The molecule has 0 spiro atoms. The number of hydrogen-bond acceptors (Lipinski definition) is 7. The van der Waals surface area contributed by atoms with E-state index in [0.29, 0.717) is 11.8 Å². The number of aryl methyl sites for hydroxylation is 2. The Morgan fingerprint density at radius 2 is 1.94 bits per heavy atom. The zero-order chi connectivity index (χ0) is 21.4. The van der Waals surface area contributed by atoms with Crippen LogP contribution in [0.2, 0.25) is 0 Å². The van der Waals surface area contributed by atoms with Gasteiger partial charge in [-0.15, -0.1) is 0 Å². The summed E-state index contributed by atoms with van der Waals surface area (Å²) in [7, 11) is 0. The smallest absolute Gasteiger partial charge is 0.151 e. The summed E-state index contributed by atoms with van der Waals surface area (Å²) in [5, 5.41) is 14.9. The maximum Gasteiger partial charge on any atom is 0.151 e. The number of ether oxygens (including phenoxy) is 1. The summed E-state index contributed by atoms with van der Waals surface area (Å²) < 4.78 is 11.8. The van der Waals surface area contributed by atoms with Gasteiger partial charge in [-0.3, -0.25) is 14.9 Å². The van der Waals surface area contributed by atoms with Crippen LogP contribution in [0, 0.1) is 25.7 Å². The molecule has 0 aromatic carbocycles. The number of aromatic nitrogens is 3. The highest BCUT2D eigenvalue weighted by Gasteiger charge is 2.43. The topological polar surface area (TPSA) is 84.5 Å². The molecule has 7 nitrogen and oxygen atoms in total. The molecule has 2 aliphatic rings. The van der Waals surface area contributed by atoms with Crippen molar-refractivity contribution in [3.05, 3.63) is 59.7 Å². The lowest BCUT2D eigenvalue weighted by Crippen LogP contribution is -2.42. The van der Waals surface area contributed by atoms with Gasteiger partial charge >= 0.3 is 0 Å². The fourth-order valence-corrected chi connectivity index (χ4v) is 4.95. The standard InChI is InChI=1S/C24H28N4O3/c1-15-6-7-23(16(2)26-15)30-24-10-18-13-28(12-17(18)9-22(24)29)14-19-11-21(27-31-19)20-5-3-4-8-25-20/h3-8,11,17-18,22,24,29H,9-10,12-14H2,1-2H3/t17-,18+,22+,24+/m0/s1. The highest BCUT2D eigenvalue weighted by molar-refractivity contribution is 5.52. The van der Waals surface area contributed by atoms with E-state index < -0.39 is 6.10 Å². The highest BCUT2D eigenvalue weighted by Crippen LogP contribution is 2.39. The van der Waals surface area contributed by atoms with E-state index in [1.807, 2.05) is 50.2 Å². The van der Waals surface area contributed by atoms with E-state index in [1.165, 1.54) is 0 Å². The molecule has 4 atom stereocenters. The molecule has 3 aromatic heterocycles. The predicted octanol–water partition coefficient (Wildman–Crippen LogP) is 3.40. The molecule has 0 bridgehead atoms. The third-order valence-corrected chi connectivity index (χ3v) is 6.48. The largest absolute Gasteiger partial charge is 0.486 e. The second-order valence-corrected chi connectivity index (χ2v) is 8.84. The summed E-state index contributed by atoms with van der Waals surface area (Å²) in [6.07, 6.45) is 2.73. The number of rotatable bonds is 5. The first kappa shape index (κ1) is 20.2. The molecule has 5 rings (SSSR count). The van der Waals surface area contributed by atoms with E-state index >= 15 is 0 Å². The average Bonchev–Trinajstić information content (AvgIpc) is 3.37. The highest BCUT2D eigenvalue weighted by atomic mass is 16.5. The molecular formula is C24H28N4O3. The first-order valence-electron chi connectivity index (χ1n) is 10.9. The van der Waals surface area contributed by atoms with E-state index in [4.69, 9.17) is 9.26 Å². The molecule has 0 unspecified atom stereocenters. The van der Waals surface area contributed by atoms with Gasteiger partial charge in [0.1, 0.15) is 17.5 Å². The molecule has 2 fully saturated rings. The van der Waals surface area contributed by atoms with Gasteiger partial charge in [-0.2, -0.15) is 0 Å². The zero-order valence-electron chi connectivity index (χ0n) is 17.9. The summed E-state index contributed by atoms with van der Waals surface area (Å²) in [5.74, 6) is 2.59. The summed E-state index contributed by atoms with van der Waals surface area (Å²) in [4.78, 5) is 11.2. The number of aliphatic hydroxyl groups excluding tert-OH is 1. The molecule has 1 saturated carbocycles. The van der Waals surface area contributed by atoms with Crippen LogP contribution in [0.3, 0.4) is 0 Å². The molecular weight excluding hydrogens is 392 g/mol. The normalized spacial score (nSPS) is 26.0. The fourth-order valence-electron chi connectivity index (χ4n) is 4.95. The molecule has 31 heavy (non-hydrogen) atoms. The number of likely N-dealkylation sites (tertiary alicyclic amines) is 1. The van der Waals surface area contributed by atoms with Crippen molar-refractivity contribution in [1.29, 1.82) is 0 Å². The van der Waals surface area contributed by atoms with Crippen LogP contribution in [0.25, 0.3) is 11.4 Å². The van der Waals surface area contributed by atoms with E-state index in [-0.39, 0.29) is 6.10 Å². The third kappa shape index (κ3) is 4.34. The number of nitrogens with zero attached hydrogens (tertiary/aromatic N) is 4. The van der Waals surface area contributed by atoms with E-state index in [0.717, 1.165) is 66.8 Å². The summed E-state index contributed by atoms with van der Waals surface area (Å²) >= 11 is 0. The van der Waals surface area contributed by atoms with Crippen molar-refractivity contribution in [3.8, 4) is 17.1 Å². The van der Waals surface area contributed by atoms with E-state index in [2.05, 4.69) is 20.0 Å². The van der Waals surface area contributed by atoms with Gasteiger partial charge < -0.3 is 14.4 Å². The van der Waals surface area contributed by atoms with Crippen LogP contribution in [-0.4, -0.2) is 50.4 Å². The maximum atomic E-state index is 10.7. The molecule has 3 aromatic rings. The molecule has 1 saturated heterocycles. The van der Waals surface area contributed by atoms with Gasteiger partial charge in [-0.05, 0) is 62.8 Å². The van der Waals surface area contributed by atoms with Gasteiger partial charge in [-0.25, -0.2) is 0 Å². The zero-order valence-corrected chi connectivity index (χ0v) is 17.9. The average molecular weight is 421 g/mol. The lowest BCUT2D eigenvalue weighted by molar-refractivity contribution is -0.0236. The maximum absolute atomic E-state index is 10.7. The number of pyridine rings is 2. The SMILES string of the molecule is Cc1ccc(O[C@@H]2C[C@@H]3CN(Cc4cc(-c5ccccn5)no4)C[C@@H]3C[C@H]2O)c(C)n1. The van der Waals surface area contributed by atoms with Crippen molar-refractivity contribution in [2.75, 3.05) is 13.1 Å². The molecule has 7 heteroatoms. The second kappa shape index (κ2) is 8.40. The molecule has 162 valence electrons. The Morgan fingerprint density at radius 3 is 2.71 bits per heavy atom. The Labute approximate surface area is 182 Å². The minimum atomic E-state index is -0.456. The molecule has 1 N–H and O–H groups in total. The van der Waals surface area contributed by atoms with E-state index in [1.54, 1.807) is 6.20 Å². The van der Waals surface area contributed by atoms with Crippen molar-refractivity contribution in [2.45, 2.75) is 45.4 Å². The van der Waals surface area contributed by atoms with Gasteiger partial charge in [0, 0.05) is 31.0 Å². The molecule has 0 amide bonds. The number of hydrogen-bond donors (Lipinski definition) is 1. The van der Waals surface area contributed by atoms with E-state index in [9.17, 15) is 5.11 Å². The van der Waals surface area contributed by atoms with Crippen LogP contribution in [0.4, 0.5) is 0 Å². The number of aliphatic hydroxyl groups is 1. The third-order valence-electron chi connectivity index (χ3n) is 6.48. The molecule has 1 aliphatic carbocycles. The minimum absolute atomic E-state index is 0.189. The lowest BCUT2D eigenvalue weighted by atomic mass is 9.78. The van der Waals surface area contributed by atoms with Crippen molar-refractivity contribution >= 4 is 0 Å². The van der Waals surface area contributed by atoms with Gasteiger partial charge in [0.2, 0.25) is 0 Å². The summed E-state index contributed by atoms with van der Waals surface area (Å²) in [5.41, 5.74) is 3.42. The van der Waals surface area contributed by atoms with Gasteiger partial charge in [0.05, 0.1) is 24.0 Å². The lowest BCUT2D eigenvalue weighted by Gasteiger charge is -2.35. The van der Waals surface area contributed by atoms with Gasteiger partial charge in [0.25, 0.3) is 0 Å². The Morgan fingerprint density at radius 1 is 1.10 bits per heavy atom. The van der Waals surface area contributed by atoms with Crippen molar-refractivity contribution in [1.82, 2.24) is 20.0 Å². The Bertz CT molecular complexity index is 1040. The Balaban J connectivity index is 1.21. The predicted molar refractivity (Wildman–Crippen MR) is 115 cm³/mol. The van der Waals surface area contributed by atoms with Crippen molar-refractivity contribution in [2.24, 2.45) is 11.8 Å². The van der Waals surface area contributed by atoms with Crippen LogP contribution in [0.1, 0.15) is 30.0 Å². The van der Waals surface area contributed by atoms with Crippen LogP contribution in [0.5, 0.6) is 5.75 Å². The van der Waals surface area contributed by atoms with Crippen LogP contribution in [-0.2, 0) is 6.54 Å². The van der Waals surface area contributed by atoms with Crippen molar-refractivity contribution < 1.29 is 14.4 Å². The number of fused-ring (bicyclic) bond motifs is 1. The van der Waals surface area contributed by atoms with Crippen molar-refractivity contribution in [3.63, 3.8) is 0 Å². The minimum Gasteiger partial charge on any atom is -0.486 e. The summed E-state index contributed by atoms with van der Waals surface area (Å²) in [6.45, 7) is 6.57. The molecule has 1 aliphatic heterocycles. The summed E-state index contributed by atoms with van der Waals surface area (Å²) in [6, 6.07) is 11.6. The van der Waals surface area contributed by atoms with Crippen LogP contribution in [0.15, 0.2) is 47.1 Å². The van der Waals surface area contributed by atoms with Crippen LogP contribution >= 0.6 is 0 Å². The Hall–Kier alpha value is -2.77. The molecule has 4 heterocycles. The first-order valence-corrected chi connectivity index (χ1v) is 10.9. The first-order chi connectivity index (χ1) is 15.0. The van der Waals surface area contributed by atoms with Gasteiger partial charge in [-0.1, -0.05) is 11.2 Å². The van der Waals surface area contributed by atoms with Crippen LogP contribution < -0.4 is 4.74 Å². The monoisotopic (exact) mass is 420 g/mol. The van der Waals surface area contributed by atoms with Gasteiger partial charge in [0.15, 0.2) is 5.76 Å². The quantitative estimate of drug-likeness (QED) is 0.677. The fraction of sp³-hybridized carbons (Fsp3) is 0.458. The second-order valence-electron chi connectivity index (χ2n) is 8.84. The molecule has 0 radical (unpaired) electrons. The Kier molecular flexibility index (Phi) is 5.46.